The van der Waals surface area contributed by atoms with E-state index >= 15 is 0 Å². The minimum Gasteiger partial charge on any atom is -0.496 e. The van der Waals surface area contributed by atoms with Crippen molar-refractivity contribution in [2.45, 2.75) is 20.8 Å². The molecule has 4 heteroatoms. The zero-order chi connectivity index (χ0) is 15.6. The first-order valence-corrected chi connectivity index (χ1v) is 6.75. The maximum atomic E-state index is 12.3. The number of methoxy groups -OCH3 is 1. The number of rotatable bonds is 3. The van der Waals surface area contributed by atoms with Crippen molar-refractivity contribution in [2.24, 2.45) is 0 Å². The van der Waals surface area contributed by atoms with Crippen molar-refractivity contribution in [3.05, 3.63) is 52.6 Å². The van der Waals surface area contributed by atoms with Gasteiger partial charge in [0.05, 0.1) is 18.5 Å². The Morgan fingerprint density at radius 2 is 1.71 bits per heavy atom. The third kappa shape index (κ3) is 3.16. The van der Waals surface area contributed by atoms with E-state index in [2.05, 4.69) is 5.32 Å². The summed E-state index contributed by atoms with van der Waals surface area (Å²) < 4.78 is 5.24. The van der Waals surface area contributed by atoms with E-state index in [4.69, 9.17) is 10.5 Å². The number of nitrogen functional groups attached to an aromatic ring is 1. The number of nitrogens with one attached hydrogen (secondary N) is 1. The van der Waals surface area contributed by atoms with E-state index in [1.165, 1.54) is 0 Å². The Balaban J connectivity index is 2.28. The third-order valence-electron chi connectivity index (χ3n) is 3.58. The number of hydrogen-bond acceptors (Lipinski definition) is 3. The van der Waals surface area contributed by atoms with Crippen LogP contribution in [0.5, 0.6) is 5.75 Å². The molecule has 0 saturated carbocycles. The van der Waals surface area contributed by atoms with Gasteiger partial charge >= 0.3 is 0 Å². The van der Waals surface area contributed by atoms with E-state index < -0.39 is 0 Å². The number of carbonyl (C=O) groups excluding carboxylic acids is 1. The molecular formula is C17H20N2O2. The highest BCUT2D eigenvalue weighted by molar-refractivity contribution is 6.06. The van der Waals surface area contributed by atoms with Crippen LogP contribution < -0.4 is 15.8 Å². The SMILES string of the molecule is COc1cc(C(=O)Nc2cc(C)c(C)cc2N)ccc1C. The van der Waals surface area contributed by atoms with Crippen molar-refractivity contribution in [2.75, 3.05) is 18.2 Å². The first-order chi connectivity index (χ1) is 9.92. The summed E-state index contributed by atoms with van der Waals surface area (Å²) in [6.45, 7) is 5.91. The van der Waals surface area contributed by atoms with Gasteiger partial charge in [0.2, 0.25) is 0 Å². The van der Waals surface area contributed by atoms with Crippen LogP contribution in [0.2, 0.25) is 0 Å². The highest BCUT2D eigenvalue weighted by Crippen LogP contribution is 2.25. The summed E-state index contributed by atoms with van der Waals surface area (Å²) in [5.74, 6) is 0.485. The molecule has 110 valence electrons. The van der Waals surface area contributed by atoms with Gasteiger partial charge in [-0.05, 0) is 61.7 Å². The Morgan fingerprint density at radius 1 is 1.05 bits per heavy atom. The minimum absolute atomic E-state index is 0.205. The smallest absolute Gasteiger partial charge is 0.255 e. The van der Waals surface area contributed by atoms with Crippen molar-refractivity contribution in [3.8, 4) is 5.75 Å². The number of aryl methyl sites for hydroxylation is 3. The van der Waals surface area contributed by atoms with Crippen LogP contribution in [0.4, 0.5) is 11.4 Å². The van der Waals surface area contributed by atoms with Gasteiger partial charge in [0.15, 0.2) is 0 Å². The standard InChI is InChI=1S/C17H20N2O2/c1-10-5-6-13(9-16(10)21-4)17(20)19-15-8-12(3)11(2)7-14(15)18/h5-9H,18H2,1-4H3,(H,19,20). The molecule has 0 bridgehead atoms. The maximum absolute atomic E-state index is 12.3. The molecule has 0 aromatic heterocycles. The Morgan fingerprint density at radius 3 is 2.38 bits per heavy atom. The van der Waals surface area contributed by atoms with Gasteiger partial charge in [-0.25, -0.2) is 0 Å². The molecule has 0 atom stereocenters. The van der Waals surface area contributed by atoms with Crippen LogP contribution in [-0.2, 0) is 0 Å². The molecule has 0 fully saturated rings. The molecule has 21 heavy (non-hydrogen) atoms. The largest absolute Gasteiger partial charge is 0.496 e. The van der Waals surface area contributed by atoms with E-state index in [1.54, 1.807) is 19.2 Å². The maximum Gasteiger partial charge on any atom is 0.255 e. The molecule has 0 heterocycles. The number of benzene rings is 2. The van der Waals surface area contributed by atoms with Crippen LogP contribution in [0.25, 0.3) is 0 Å². The summed E-state index contributed by atoms with van der Waals surface area (Å²) in [6, 6.07) is 9.10. The predicted octanol–water partition coefficient (Wildman–Crippen LogP) is 3.45. The second kappa shape index (κ2) is 5.87. The molecule has 0 unspecified atom stereocenters. The van der Waals surface area contributed by atoms with Gasteiger partial charge in [0, 0.05) is 5.56 Å². The fourth-order valence-electron chi connectivity index (χ4n) is 2.10. The molecule has 2 aromatic rings. The van der Waals surface area contributed by atoms with Gasteiger partial charge in [0.25, 0.3) is 5.91 Å². The highest BCUT2D eigenvalue weighted by Gasteiger charge is 2.11. The molecule has 0 aliphatic heterocycles. The number of carbonyl (C=O) groups is 1. The van der Waals surface area contributed by atoms with Gasteiger partial charge in [-0.15, -0.1) is 0 Å². The molecule has 0 aliphatic rings. The van der Waals surface area contributed by atoms with Gasteiger partial charge in [-0.1, -0.05) is 6.07 Å². The normalized spacial score (nSPS) is 10.3. The molecule has 2 rings (SSSR count). The third-order valence-corrected chi connectivity index (χ3v) is 3.58. The van der Waals surface area contributed by atoms with Crippen molar-refractivity contribution >= 4 is 17.3 Å². The van der Waals surface area contributed by atoms with E-state index in [0.717, 1.165) is 16.7 Å². The van der Waals surface area contributed by atoms with Crippen LogP contribution in [-0.4, -0.2) is 13.0 Å². The Hall–Kier alpha value is -2.49. The lowest BCUT2D eigenvalue weighted by Crippen LogP contribution is -2.13. The van der Waals surface area contributed by atoms with Gasteiger partial charge in [0.1, 0.15) is 5.75 Å². The lowest BCUT2D eigenvalue weighted by atomic mass is 10.1. The average molecular weight is 284 g/mol. The van der Waals surface area contributed by atoms with E-state index in [-0.39, 0.29) is 5.91 Å². The molecule has 2 aromatic carbocycles. The molecule has 3 N–H and O–H groups in total. The second-order valence-corrected chi connectivity index (χ2v) is 5.16. The Bertz CT molecular complexity index is 693. The monoisotopic (exact) mass is 284 g/mol. The molecule has 1 amide bonds. The molecule has 0 aliphatic carbocycles. The van der Waals surface area contributed by atoms with Crippen molar-refractivity contribution < 1.29 is 9.53 Å². The highest BCUT2D eigenvalue weighted by atomic mass is 16.5. The van der Waals surface area contributed by atoms with E-state index in [1.807, 2.05) is 39.0 Å². The van der Waals surface area contributed by atoms with Gasteiger partial charge in [-0.3, -0.25) is 4.79 Å². The first kappa shape index (κ1) is 14.9. The van der Waals surface area contributed by atoms with Crippen LogP contribution in [0.3, 0.4) is 0 Å². The van der Waals surface area contributed by atoms with Gasteiger partial charge < -0.3 is 15.8 Å². The Kier molecular flexibility index (Phi) is 4.17. The summed E-state index contributed by atoms with van der Waals surface area (Å²) in [5, 5.41) is 2.85. The molecule has 0 saturated heterocycles. The minimum atomic E-state index is -0.205. The van der Waals surface area contributed by atoms with Crippen LogP contribution in [0.15, 0.2) is 30.3 Å². The lowest BCUT2D eigenvalue weighted by Gasteiger charge is -2.12. The molecular weight excluding hydrogens is 264 g/mol. The summed E-state index contributed by atoms with van der Waals surface area (Å²) in [6.07, 6.45) is 0. The van der Waals surface area contributed by atoms with Crippen LogP contribution in [0.1, 0.15) is 27.0 Å². The van der Waals surface area contributed by atoms with Gasteiger partial charge in [-0.2, -0.15) is 0 Å². The fraction of sp³-hybridized carbons (Fsp3) is 0.235. The van der Waals surface area contributed by atoms with Crippen molar-refractivity contribution in [1.29, 1.82) is 0 Å². The van der Waals surface area contributed by atoms with Crippen molar-refractivity contribution in [3.63, 3.8) is 0 Å². The zero-order valence-corrected chi connectivity index (χ0v) is 12.8. The Labute approximate surface area is 124 Å². The number of anilines is 2. The average Bonchev–Trinajstić information content (AvgIpc) is 2.45. The zero-order valence-electron chi connectivity index (χ0n) is 12.8. The molecule has 0 spiro atoms. The summed E-state index contributed by atoms with van der Waals surface area (Å²) in [5.41, 5.74) is 10.9. The summed E-state index contributed by atoms with van der Waals surface area (Å²) in [7, 11) is 1.59. The number of ether oxygens (including phenoxy) is 1. The molecule has 4 nitrogen and oxygen atoms in total. The van der Waals surface area contributed by atoms with E-state index in [0.29, 0.717) is 22.7 Å². The van der Waals surface area contributed by atoms with Crippen molar-refractivity contribution in [1.82, 2.24) is 0 Å². The molecule has 0 radical (unpaired) electrons. The summed E-state index contributed by atoms with van der Waals surface area (Å²) in [4.78, 5) is 12.3. The lowest BCUT2D eigenvalue weighted by molar-refractivity contribution is 0.102. The summed E-state index contributed by atoms with van der Waals surface area (Å²) >= 11 is 0. The fourth-order valence-corrected chi connectivity index (χ4v) is 2.10. The number of nitrogens with two attached hydrogens (primary N) is 1. The quantitative estimate of drug-likeness (QED) is 0.848. The first-order valence-electron chi connectivity index (χ1n) is 6.75. The van der Waals surface area contributed by atoms with Crippen LogP contribution in [0, 0.1) is 20.8 Å². The number of hydrogen-bond donors (Lipinski definition) is 2. The second-order valence-electron chi connectivity index (χ2n) is 5.16. The van der Waals surface area contributed by atoms with Crippen LogP contribution >= 0.6 is 0 Å². The van der Waals surface area contributed by atoms with E-state index in [9.17, 15) is 4.79 Å². The number of amides is 1. The predicted molar refractivity (Wildman–Crippen MR) is 86.0 cm³/mol. The topological polar surface area (TPSA) is 64.3 Å².